The summed E-state index contributed by atoms with van der Waals surface area (Å²) in [5.74, 6) is 0. The Morgan fingerprint density at radius 3 is 2.94 bits per heavy atom. The average Bonchev–Trinajstić information content (AvgIpc) is 2.78. The van der Waals surface area contributed by atoms with Crippen molar-refractivity contribution in [2.24, 2.45) is 0 Å². The first-order chi connectivity index (χ1) is 8.61. The lowest BCUT2D eigenvalue weighted by Gasteiger charge is -2.01. The van der Waals surface area contributed by atoms with E-state index in [-0.39, 0.29) is 12.3 Å². The third-order valence-corrected chi connectivity index (χ3v) is 2.56. The Hall–Kier alpha value is -2.28. The fourth-order valence-electron chi connectivity index (χ4n) is 1.59. The standard InChI is InChI=1S/C11H12N4O3/c1-8-2-3-10(6-11(8)15(17)18)14-7-9(4-5-16)12-13-14/h2-3,6-7,16H,4-5H2,1H3. The predicted octanol–water partition coefficient (Wildman–Crippen LogP) is 1.02. The van der Waals surface area contributed by atoms with Gasteiger partial charge in [-0.1, -0.05) is 11.3 Å². The van der Waals surface area contributed by atoms with E-state index in [0.29, 0.717) is 23.4 Å². The van der Waals surface area contributed by atoms with Crippen LogP contribution in [0.25, 0.3) is 5.69 Å². The van der Waals surface area contributed by atoms with E-state index < -0.39 is 4.92 Å². The Morgan fingerprint density at radius 2 is 2.28 bits per heavy atom. The summed E-state index contributed by atoms with van der Waals surface area (Å²) < 4.78 is 1.46. The van der Waals surface area contributed by atoms with Gasteiger partial charge in [0.25, 0.3) is 5.69 Å². The van der Waals surface area contributed by atoms with E-state index >= 15 is 0 Å². The van der Waals surface area contributed by atoms with Crippen LogP contribution in [0, 0.1) is 17.0 Å². The quantitative estimate of drug-likeness (QED) is 0.643. The summed E-state index contributed by atoms with van der Waals surface area (Å²) in [5.41, 5.74) is 1.86. The van der Waals surface area contributed by atoms with Gasteiger partial charge in [0.2, 0.25) is 0 Å². The lowest BCUT2D eigenvalue weighted by atomic mass is 10.2. The highest BCUT2D eigenvalue weighted by molar-refractivity contribution is 5.48. The Balaban J connectivity index is 2.38. The average molecular weight is 248 g/mol. The summed E-state index contributed by atoms with van der Waals surface area (Å²) >= 11 is 0. The molecular weight excluding hydrogens is 236 g/mol. The minimum absolute atomic E-state index is 0.00720. The molecule has 0 saturated heterocycles. The number of nitrogens with zero attached hydrogens (tertiary/aromatic N) is 4. The highest BCUT2D eigenvalue weighted by Crippen LogP contribution is 2.21. The Labute approximate surface area is 103 Å². The zero-order valence-corrected chi connectivity index (χ0v) is 9.78. The first kappa shape index (κ1) is 12.2. The van der Waals surface area contributed by atoms with Crippen molar-refractivity contribution in [2.75, 3.05) is 6.61 Å². The number of hydrogen-bond donors (Lipinski definition) is 1. The van der Waals surface area contributed by atoms with E-state index in [4.69, 9.17) is 5.11 Å². The van der Waals surface area contributed by atoms with Gasteiger partial charge in [-0.05, 0) is 13.0 Å². The van der Waals surface area contributed by atoms with Crippen molar-refractivity contribution in [1.82, 2.24) is 15.0 Å². The van der Waals surface area contributed by atoms with Crippen LogP contribution in [0.2, 0.25) is 0 Å². The summed E-state index contributed by atoms with van der Waals surface area (Å²) in [6.45, 7) is 1.67. The van der Waals surface area contributed by atoms with Crippen LogP contribution < -0.4 is 0 Å². The minimum atomic E-state index is -0.426. The van der Waals surface area contributed by atoms with Crippen LogP contribution in [0.4, 0.5) is 5.69 Å². The molecule has 0 saturated carbocycles. The van der Waals surface area contributed by atoms with Gasteiger partial charge in [0.1, 0.15) is 0 Å². The molecule has 0 fully saturated rings. The van der Waals surface area contributed by atoms with Gasteiger partial charge in [-0.3, -0.25) is 10.1 Å². The van der Waals surface area contributed by atoms with Crippen LogP contribution in [-0.2, 0) is 6.42 Å². The molecule has 0 aliphatic carbocycles. The van der Waals surface area contributed by atoms with Crippen LogP contribution in [0.1, 0.15) is 11.3 Å². The SMILES string of the molecule is Cc1ccc(-n2cc(CCO)nn2)cc1[N+](=O)[O-]. The summed E-state index contributed by atoms with van der Waals surface area (Å²) in [4.78, 5) is 10.4. The molecule has 1 aromatic heterocycles. The minimum Gasteiger partial charge on any atom is -0.396 e. The van der Waals surface area contributed by atoms with E-state index in [1.807, 2.05) is 0 Å². The molecule has 0 atom stereocenters. The maximum Gasteiger partial charge on any atom is 0.274 e. The molecule has 0 aliphatic heterocycles. The van der Waals surface area contributed by atoms with Crippen LogP contribution in [0.3, 0.4) is 0 Å². The number of nitro benzene ring substituents is 1. The first-order valence-corrected chi connectivity index (χ1v) is 5.39. The molecule has 0 aliphatic rings. The number of benzene rings is 1. The van der Waals surface area contributed by atoms with E-state index in [0.717, 1.165) is 0 Å². The van der Waals surface area contributed by atoms with Gasteiger partial charge >= 0.3 is 0 Å². The number of aliphatic hydroxyl groups is 1. The maximum atomic E-state index is 10.8. The molecule has 2 aromatic rings. The Morgan fingerprint density at radius 1 is 1.50 bits per heavy atom. The van der Waals surface area contributed by atoms with Gasteiger partial charge in [-0.15, -0.1) is 5.10 Å². The van der Waals surface area contributed by atoms with E-state index in [2.05, 4.69) is 10.3 Å². The fraction of sp³-hybridized carbons (Fsp3) is 0.273. The number of nitro groups is 1. The second-order valence-electron chi connectivity index (χ2n) is 3.86. The van der Waals surface area contributed by atoms with Gasteiger partial charge < -0.3 is 5.11 Å². The number of aliphatic hydroxyl groups excluding tert-OH is 1. The second kappa shape index (κ2) is 4.92. The normalized spacial score (nSPS) is 10.6. The Kier molecular flexibility index (Phi) is 3.33. The van der Waals surface area contributed by atoms with E-state index in [9.17, 15) is 10.1 Å². The summed E-state index contributed by atoms with van der Waals surface area (Å²) in [7, 11) is 0. The smallest absolute Gasteiger partial charge is 0.274 e. The lowest BCUT2D eigenvalue weighted by Crippen LogP contribution is -1.98. The number of aryl methyl sites for hydroxylation is 1. The van der Waals surface area contributed by atoms with Crippen molar-refractivity contribution in [2.45, 2.75) is 13.3 Å². The van der Waals surface area contributed by atoms with Crippen LogP contribution in [0.5, 0.6) is 0 Å². The number of rotatable bonds is 4. The van der Waals surface area contributed by atoms with Crippen molar-refractivity contribution in [1.29, 1.82) is 0 Å². The van der Waals surface area contributed by atoms with Crippen molar-refractivity contribution in [3.05, 3.63) is 45.8 Å². The molecule has 7 nitrogen and oxygen atoms in total. The zero-order valence-electron chi connectivity index (χ0n) is 9.78. The molecule has 94 valence electrons. The third kappa shape index (κ3) is 2.35. The summed E-state index contributed by atoms with van der Waals surface area (Å²) in [6.07, 6.45) is 2.05. The van der Waals surface area contributed by atoms with E-state index in [1.165, 1.54) is 10.7 Å². The van der Waals surface area contributed by atoms with Gasteiger partial charge in [0.05, 0.1) is 22.5 Å². The fourth-order valence-corrected chi connectivity index (χ4v) is 1.59. The van der Waals surface area contributed by atoms with Crippen molar-refractivity contribution in [3.8, 4) is 5.69 Å². The molecule has 0 spiro atoms. The lowest BCUT2D eigenvalue weighted by molar-refractivity contribution is -0.385. The summed E-state index contributed by atoms with van der Waals surface area (Å²) in [6, 6.07) is 4.85. The highest BCUT2D eigenvalue weighted by Gasteiger charge is 2.12. The Bertz CT molecular complexity index is 579. The van der Waals surface area contributed by atoms with Gasteiger partial charge in [-0.2, -0.15) is 0 Å². The maximum absolute atomic E-state index is 10.8. The number of hydrogen-bond acceptors (Lipinski definition) is 5. The van der Waals surface area contributed by atoms with Crippen molar-refractivity contribution < 1.29 is 10.0 Å². The first-order valence-electron chi connectivity index (χ1n) is 5.39. The topological polar surface area (TPSA) is 94.1 Å². The zero-order chi connectivity index (χ0) is 13.1. The van der Waals surface area contributed by atoms with E-state index in [1.54, 1.807) is 25.3 Å². The van der Waals surface area contributed by atoms with Gasteiger partial charge in [-0.25, -0.2) is 4.68 Å². The highest BCUT2D eigenvalue weighted by atomic mass is 16.6. The third-order valence-electron chi connectivity index (χ3n) is 2.56. The molecule has 1 aromatic carbocycles. The van der Waals surface area contributed by atoms with Crippen LogP contribution in [0.15, 0.2) is 24.4 Å². The van der Waals surface area contributed by atoms with Crippen LogP contribution >= 0.6 is 0 Å². The molecule has 0 radical (unpaired) electrons. The second-order valence-corrected chi connectivity index (χ2v) is 3.86. The molecule has 18 heavy (non-hydrogen) atoms. The molecule has 7 heteroatoms. The largest absolute Gasteiger partial charge is 0.396 e. The molecule has 1 N–H and O–H groups in total. The monoisotopic (exact) mass is 248 g/mol. The molecule has 0 amide bonds. The van der Waals surface area contributed by atoms with Crippen molar-refractivity contribution >= 4 is 5.69 Å². The van der Waals surface area contributed by atoms with Crippen molar-refractivity contribution in [3.63, 3.8) is 0 Å². The summed E-state index contributed by atoms with van der Waals surface area (Å²) in [5, 5.41) is 27.4. The molecule has 0 unspecified atom stereocenters. The van der Waals surface area contributed by atoms with Gasteiger partial charge in [0, 0.05) is 24.7 Å². The predicted molar refractivity (Wildman–Crippen MR) is 63.5 cm³/mol. The molecular formula is C11H12N4O3. The molecule has 0 bridgehead atoms. The molecule has 2 rings (SSSR count). The molecule has 1 heterocycles. The van der Waals surface area contributed by atoms with Gasteiger partial charge in [0.15, 0.2) is 0 Å². The number of aromatic nitrogens is 3. The van der Waals surface area contributed by atoms with Crippen LogP contribution in [-0.4, -0.2) is 31.6 Å².